The van der Waals surface area contributed by atoms with Gasteiger partial charge in [0, 0.05) is 12.2 Å². The maximum atomic E-state index is 12.4. The molecule has 0 saturated carbocycles. The van der Waals surface area contributed by atoms with Gasteiger partial charge in [-0.05, 0) is 48.4 Å². The summed E-state index contributed by atoms with van der Waals surface area (Å²) in [5, 5.41) is 6.16. The summed E-state index contributed by atoms with van der Waals surface area (Å²) in [5.74, 6) is 1.14. The summed E-state index contributed by atoms with van der Waals surface area (Å²) in [6, 6.07) is 16.9. The number of pyridine rings is 1. The zero-order valence-corrected chi connectivity index (χ0v) is 16.2. The van der Waals surface area contributed by atoms with Crippen LogP contribution in [-0.4, -0.2) is 25.1 Å². The normalized spacial score (nSPS) is 10.2. The molecule has 3 aromatic rings. The lowest BCUT2D eigenvalue weighted by Gasteiger charge is -2.11. The number of hydrogen-bond donors (Lipinski definition) is 2. The zero-order valence-electron chi connectivity index (χ0n) is 16.2. The third-order valence-electron chi connectivity index (χ3n) is 4.33. The number of para-hydroxylation sites is 1. The number of carbonyl (C=O) groups excluding carboxylic acids is 1. The van der Waals surface area contributed by atoms with E-state index < -0.39 is 0 Å². The number of aromatic nitrogens is 1. The van der Waals surface area contributed by atoms with E-state index in [1.165, 1.54) is 0 Å². The Labute approximate surface area is 164 Å². The highest BCUT2D eigenvalue weighted by Crippen LogP contribution is 2.27. The number of hydrogen-bond acceptors (Lipinski definition) is 5. The number of rotatable bonds is 7. The van der Waals surface area contributed by atoms with Crippen molar-refractivity contribution in [3.8, 4) is 11.5 Å². The molecule has 2 aromatic carbocycles. The quantitative estimate of drug-likeness (QED) is 0.643. The number of anilines is 2. The third-order valence-corrected chi connectivity index (χ3v) is 4.33. The molecule has 0 aliphatic rings. The average Bonchev–Trinajstić information content (AvgIpc) is 2.74. The number of ether oxygens (including phenoxy) is 2. The first kappa shape index (κ1) is 19.2. The smallest absolute Gasteiger partial charge is 0.274 e. The van der Waals surface area contributed by atoms with Gasteiger partial charge < -0.3 is 20.1 Å². The second-order valence-corrected chi connectivity index (χ2v) is 6.24. The van der Waals surface area contributed by atoms with Gasteiger partial charge in [0.1, 0.15) is 5.69 Å². The molecule has 1 heterocycles. The van der Waals surface area contributed by atoms with Crippen molar-refractivity contribution in [2.45, 2.75) is 13.5 Å². The summed E-state index contributed by atoms with van der Waals surface area (Å²) in [6.45, 7) is 2.54. The molecule has 0 aliphatic heterocycles. The number of nitrogens with zero attached hydrogens (tertiary/aromatic N) is 1. The molecule has 0 unspecified atom stereocenters. The molecule has 6 nitrogen and oxygen atoms in total. The first-order chi connectivity index (χ1) is 13.6. The van der Waals surface area contributed by atoms with Crippen LogP contribution in [0.15, 0.2) is 60.8 Å². The van der Waals surface area contributed by atoms with Crippen molar-refractivity contribution in [3.05, 3.63) is 77.6 Å². The van der Waals surface area contributed by atoms with Gasteiger partial charge in [0.2, 0.25) is 0 Å². The highest BCUT2D eigenvalue weighted by Gasteiger charge is 2.09. The van der Waals surface area contributed by atoms with Gasteiger partial charge in [-0.3, -0.25) is 4.79 Å². The first-order valence-electron chi connectivity index (χ1n) is 8.88. The Bertz CT molecular complexity index is 955. The Morgan fingerprint density at radius 2 is 1.79 bits per heavy atom. The van der Waals surface area contributed by atoms with Crippen LogP contribution in [0.1, 0.15) is 21.6 Å². The lowest BCUT2D eigenvalue weighted by atomic mass is 10.2. The second kappa shape index (κ2) is 8.90. The number of nitrogens with one attached hydrogen (secondary N) is 2. The fraction of sp³-hybridized carbons (Fsp3) is 0.182. The van der Waals surface area contributed by atoms with Gasteiger partial charge >= 0.3 is 0 Å². The van der Waals surface area contributed by atoms with Crippen LogP contribution in [-0.2, 0) is 6.54 Å². The van der Waals surface area contributed by atoms with Crippen LogP contribution < -0.4 is 20.1 Å². The fourth-order valence-corrected chi connectivity index (χ4v) is 2.73. The molecule has 0 spiro atoms. The molecule has 0 bridgehead atoms. The first-order valence-corrected chi connectivity index (χ1v) is 8.88. The summed E-state index contributed by atoms with van der Waals surface area (Å²) in [4.78, 5) is 16.6. The molecule has 3 rings (SSSR count). The number of carbonyl (C=O) groups is 1. The number of amides is 1. The molecule has 0 atom stereocenters. The van der Waals surface area contributed by atoms with Gasteiger partial charge in [0.15, 0.2) is 11.5 Å². The third kappa shape index (κ3) is 4.59. The van der Waals surface area contributed by atoms with Crippen LogP contribution in [0.2, 0.25) is 0 Å². The minimum absolute atomic E-state index is 0.235. The maximum Gasteiger partial charge on any atom is 0.274 e. The molecule has 0 radical (unpaired) electrons. The van der Waals surface area contributed by atoms with Gasteiger partial charge in [-0.15, -0.1) is 0 Å². The molecular formula is C22H23N3O3. The fourth-order valence-electron chi connectivity index (χ4n) is 2.73. The number of methoxy groups -OCH3 is 2. The highest BCUT2D eigenvalue weighted by molar-refractivity contribution is 6.03. The van der Waals surface area contributed by atoms with Crippen molar-refractivity contribution >= 4 is 17.3 Å². The molecule has 28 heavy (non-hydrogen) atoms. The molecular weight excluding hydrogens is 354 g/mol. The molecule has 0 saturated heterocycles. The topological polar surface area (TPSA) is 72.5 Å². The molecule has 1 aromatic heterocycles. The summed E-state index contributed by atoms with van der Waals surface area (Å²) in [7, 11) is 3.22. The Hall–Kier alpha value is -3.54. The van der Waals surface area contributed by atoms with E-state index in [0.29, 0.717) is 23.7 Å². The van der Waals surface area contributed by atoms with Crippen LogP contribution in [0.25, 0.3) is 0 Å². The van der Waals surface area contributed by atoms with Gasteiger partial charge in [0.25, 0.3) is 5.91 Å². The van der Waals surface area contributed by atoms with Crippen LogP contribution in [0.5, 0.6) is 11.5 Å². The van der Waals surface area contributed by atoms with Crippen molar-refractivity contribution < 1.29 is 14.3 Å². The van der Waals surface area contributed by atoms with Crippen LogP contribution in [0.4, 0.5) is 11.4 Å². The predicted molar refractivity (Wildman–Crippen MR) is 110 cm³/mol. The lowest BCUT2D eigenvalue weighted by Crippen LogP contribution is -2.14. The summed E-state index contributed by atoms with van der Waals surface area (Å²) < 4.78 is 10.6. The largest absolute Gasteiger partial charge is 0.493 e. The monoisotopic (exact) mass is 377 g/mol. The van der Waals surface area contributed by atoms with E-state index in [1.54, 1.807) is 26.5 Å². The van der Waals surface area contributed by atoms with Crippen molar-refractivity contribution in [1.82, 2.24) is 4.98 Å². The zero-order chi connectivity index (χ0) is 19.9. The van der Waals surface area contributed by atoms with E-state index in [9.17, 15) is 4.79 Å². The minimum atomic E-state index is -0.235. The molecule has 144 valence electrons. The van der Waals surface area contributed by atoms with Gasteiger partial charge in [0.05, 0.1) is 26.1 Å². The molecule has 0 aliphatic carbocycles. The number of aryl methyl sites for hydroxylation is 1. The molecule has 0 fully saturated rings. The van der Waals surface area contributed by atoms with E-state index >= 15 is 0 Å². The lowest BCUT2D eigenvalue weighted by molar-refractivity contribution is 0.102. The van der Waals surface area contributed by atoms with Crippen molar-refractivity contribution in [2.24, 2.45) is 0 Å². The summed E-state index contributed by atoms with van der Waals surface area (Å²) in [6.07, 6.45) is 1.65. The maximum absolute atomic E-state index is 12.4. The van der Waals surface area contributed by atoms with E-state index in [4.69, 9.17) is 9.47 Å². The Morgan fingerprint density at radius 1 is 1.00 bits per heavy atom. The Balaban J connectivity index is 1.61. The Kier molecular flexibility index (Phi) is 6.11. The Morgan fingerprint density at radius 3 is 2.46 bits per heavy atom. The van der Waals surface area contributed by atoms with Crippen LogP contribution >= 0.6 is 0 Å². The SMILES string of the molecule is COc1ccc(CNc2ccc(C(=O)Nc3ccccc3C)nc2)cc1OC. The van der Waals surface area contributed by atoms with Gasteiger partial charge in [-0.2, -0.15) is 0 Å². The molecule has 2 N–H and O–H groups in total. The number of benzene rings is 2. The molecule has 6 heteroatoms. The molecule has 1 amide bonds. The van der Waals surface area contributed by atoms with Crippen LogP contribution in [0, 0.1) is 6.92 Å². The standard InChI is InChI=1S/C22H23N3O3/c1-15-6-4-5-7-18(15)25-22(26)19-10-9-17(14-24-19)23-13-16-8-11-20(27-2)21(12-16)28-3/h4-12,14,23H,13H2,1-3H3,(H,25,26). The van der Waals surface area contributed by atoms with Gasteiger partial charge in [-0.25, -0.2) is 4.98 Å². The summed E-state index contributed by atoms with van der Waals surface area (Å²) >= 11 is 0. The predicted octanol–water partition coefficient (Wildman–Crippen LogP) is 4.27. The van der Waals surface area contributed by atoms with E-state index in [2.05, 4.69) is 15.6 Å². The van der Waals surface area contributed by atoms with Crippen molar-refractivity contribution in [1.29, 1.82) is 0 Å². The van der Waals surface area contributed by atoms with E-state index in [0.717, 1.165) is 22.5 Å². The minimum Gasteiger partial charge on any atom is -0.493 e. The van der Waals surface area contributed by atoms with E-state index in [1.807, 2.05) is 55.5 Å². The van der Waals surface area contributed by atoms with Crippen molar-refractivity contribution in [3.63, 3.8) is 0 Å². The van der Waals surface area contributed by atoms with E-state index in [-0.39, 0.29) is 5.91 Å². The second-order valence-electron chi connectivity index (χ2n) is 6.24. The highest BCUT2D eigenvalue weighted by atomic mass is 16.5. The van der Waals surface area contributed by atoms with Gasteiger partial charge in [-0.1, -0.05) is 24.3 Å². The average molecular weight is 377 g/mol. The van der Waals surface area contributed by atoms with Crippen LogP contribution in [0.3, 0.4) is 0 Å². The van der Waals surface area contributed by atoms with Crippen molar-refractivity contribution in [2.75, 3.05) is 24.9 Å². The summed E-state index contributed by atoms with van der Waals surface area (Å²) in [5.41, 5.74) is 4.01.